The zero-order chi connectivity index (χ0) is 18.6. The van der Waals surface area contributed by atoms with Crippen molar-refractivity contribution in [2.75, 3.05) is 18.0 Å². The number of carbonyl (C=O) groups excluding carboxylic acids is 1. The normalized spacial score (nSPS) is 14.9. The molecule has 0 aliphatic carbocycles. The molecule has 0 spiro atoms. The number of nitrogens with one attached hydrogen (secondary N) is 2. The maximum absolute atomic E-state index is 12.4. The van der Waals surface area contributed by atoms with Gasteiger partial charge >= 0.3 is 0 Å². The summed E-state index contributed by atoms with van der Waals surface area (Å²) in [5.41, 5.74) is 2.51. The van der Waals surface area contributed by atoms with E-state index in [0.717, 1.165) is 39.8 Å². The molecule has 1 amide bonds. The Morgan fingerprint density at radius 2 is 1.93 bits per heavy atom. The Bertz CT molecular complexity index is 927. The third kappa shape index (κ3) is 4.33. The van der Waals surface area contributed by atoms with E-state index in [9.17, 15) is 4.79 Å². The number of halogens is 1. The van der Waals surface area contributed by atoms with Crippen molar-refractivity contribution >= 4 is 38.6 Å². The van der Waals surface area contributed by atoms with Gasteiger partial charge in [0.15, 0.2) is 0 Å². The molecule has 2 N–H and O–H groups in total. The van der Waals surface area contributed by atoms with Gasteiger partial charge in [0.25, 0.3) is 5.91 Å². The zero-order valence-electron chi connectivity index (χ0n) is 15.2. The molecular formula is C21H23BrN4O. The SMILES string of the molecule is O=C(NCc1ccc(N2CCCCCC2)nc1)c1cc2ccc(Br)cc2[nH]1. The van der Waals surface area contributed by atoms with Crippen molar-refractivity contribution < 1.29 is 4.79 Å². The molecular weight excluding hydrogens is 404 g/mol. The van der Waals surface area contributed by atoms with Gasteiger partial charge in [0.2, 0.25) is 0 Å². The van der Waals surface area contributed by atoms with Gasteiger partial charge in [-0.2, -0.15) is 0 Å². The lowest BCUT2D eigenvalue weighted by atomic mass is 10.2. The van der Waals surface area contributed by atoms with Gasteiger partial charge < -0.3 is 15.2 Å². The highest BCUT2D eigenvalue weighted by molar-refractivity contribution is 9.10. The fourth-order valence-electron chi connectivity index (χ4n) is 3.51. The van der Waals surface area contributed by atoms with E-state index in [0.29, 0.717) is 12.2 Å². The summed E-state index contributed by atoms with van der Waals surface area (Å²) < 4.78 is 0.986. The van der Waals surface area contributed by atoms with Gasteiger partial charge in [-0.15, -0.1) is 0 Å². The van der Waals surface area contributed by atoms with Crippen molar-refractivity contribution in [3.05, 3.63) is 58.3 Å². The van der Waals surface area contributed by atoms with E-state index in [4.69, 9.17) is 0 Å². The van der Waals surface area contributed by atoms with Crippen molar-refractivity contribution in [3.8, 4) is 0 Å². The van der Waals surface area contributed by atoms with Crippen LogP contribution in [0.1, 0.15) is 41.7 Å². The second-order valence-corrected chi connectivity index (χ2v) is 7.94. The molecule has 27 heavy (non-hydrogen) atoms. The molecule has 1 saturated heterocycles. The average molecular weight is 427 g/mol. The Labute approximate surface area is 167 Å². The van der Waals surface area contributed by atoms with E-state index in [1.54, 1.807) is 0 Å². The van der Waals surface area contributed by atoms with Crippen LogP contribution < -0.4 is 10.2 Å². The number of nitrogens with zero attached hydrogens (tertiary/aromatic N) is 2. The van der Waals surface area contributed by atoms with Crippen LogP contribution in [0.25, 0.3) is 10.9 Å². The predicted octanol–water partition coefficient (Wildman–Crippen LogP) is 4.64. The summed E-state index contributed by atoms with van der Waals surface area (Å²) in [4.78, 5) is 22.6. The largest absolute Gasteiger partial charge is 0.357 e. The monoisotopic (exact) mass is 426 g/mol. The van der Waals surface area contributed by atoms with E-state index in [1.165, 1.54) is 25.7 Å². The lowest BCUT2D eigenvalue weighted by molar-refractivity contribution is 0.0946. The second-order valence-electron chi connectivity index (χ2n) is 7.02. The first kappa shape index (κ1) is 18.0. The zero-order valence-corrected chi connectivity index (χ0v) is 16.8. The van der Waals surface area contributed by atoms with Crippen molar-refractivity contribution in [1.29, 1.82) is 0 Å². The molecule has 6 heteroatoms. The standard InChI is InChI=1S/C21H23BrN4O/c22-17-7-6-16-11-19(25-18(16)12-17)21(27)24-14-15-5-8-20(23-13-15)26-9-3-1-2-4-10-26/h5-8,11-13,25H,1-4,9-10,14H2,(H,24,27). The molecule has 1 aliphatic heterocycles. The van der Waals surface area contributed by atoms with Crippen LogP contribution in [0.4, 0.5) is 5.82 Å². The molecule has 0 radical (unpaired) electrons. The Balaban J connectivity index is 1.38. The quantitative estimate of drug-likeness (QED) is 0.638. The fourth-order valence-corrected chi connectivity index (χ4v) is 3.87. The Morgan fingerprint density at radius 3 is 2.67 bits per heavy atom. The van der Waals surface area contributed by atoms with Gasteiger partial charge in [0.1, 0.15) is 11.5 Å². The number of hydrogen-bond acceptors (Lipinski definition) is 3. The Kier molecular flexibility index (Phi) is 5.43. The first-order valence-electron chi connectivity index (χ1n) is 9.45. The van der Waals surface area contributed by atoms with Gasteiger partial charge in [0.05, 0.1) is 0 Å². The minimum absolute atomic E-state index is 0.112. The van der Waals surface area contributed by atoms with Gasteiger partial charge in [-0.25, -0.2) is 4.98 Å². The average Bonchev–Trinajstić information content (AvgIpc) is 2.92. The first-order chi connectivity index (χ1) is 13.2. The topological polar surface area (TPSA) is 61.0 Å². The summed E-state index contributed by atoms with van der Waals surface area (Å²) in [5.74, 6) is 0.923. The number of amides is 1. The number of rotatable bonds is 4. The minimum atomic E-state index is -0.112. The molecule has 0 atom stereocenters. The summed E-state index contributed by atoms with van der Waals surface area (Å²) in [5, 5.41) is 3.98. The number of H-pyrrole nitrogens is 1. The summed E-state index contributed by atoms with van der Waals surface area (Å²) in [7, 11) is 0. The van der Waals surface area contributed by atoms with Crippen LogP contribution >= 0.6 is 15.9 Å². The summed E-state index contributed by atoms with van der Waals surface area (Å²) in [6.07, 6.45) is 6.96. The number of benzene rings is 1. The molecule has 5 nitrogen and oxygen atoms in total. The van der Waals surface area contributed by atoms with E-state index >= 15 is 0 Å². The third-order valence-electron chi connectivity index (χ3n) is 5.02. The van der Waals surface area contributed by atoms with E-state index in [1.807, 2.05) is 30.5 Å². The number of anilines is 1. The van der Waals surface area contributed by atoms with Crippen molar-refractivity contribution in [3.63, 3.8) is 0 Å². The van der Waals surface area contributed by atoms with Crippen LogP contribution in [-0.2, 0) is 6.54 Å². The molecule has 0 unspecified atom stereocenters. The fraction of sp³-hybridized carbons (Fsp3) is 0.333. The summed E-state index contributed by atoms with van der Waals surface area (Å²) >= 11 is 3.45. The smallest absolute Gasteiger partial charge is 0.267 e. The Morgan fingerprint density at radius 1 is 1.11 bits per heavy atom. The summed E-state index contributed by atoms with van der Waals surface area (Å²) in [6, 6.07) is 11.9. The van der Waals surface area contributed by atoms with Crippen LogP contribution in [0.5, 0.6) is 0 Å². The molecule has 0 bridgehead atoms. The Hall–Kier alpha value is -2.34. The second kappa shape index (κ2) is 8.13. The minimum Gasteiger partial charge on any atom is -0.357 e. The molecule has 0 saturated carbocycles. The van der Waals surface area contributed by atoms with Crippen LogP contribution in [0, 0.1) is 0 Å². The number of pyridine rings is 1. The molecule has 2 aromatic heterocycles. The predicted molar refractivity (Wildman–Crippen MR) is 112 cm³/mol. The molecule has 140 valence electrons. The van der Waals surface area contributed by atoms with E-state index in [2.05, 4.69) is 48.2 Å². The van der Waals surface area contributed by atoms with Crippen LogP contribution in [0.2, 0.25) is 0 Å². The lowest BCUT2D eigenvalue weighted by Gasteiger charge is -2.21. The number of hydrogen-bond donors (Lipinski definition) is 2. The lowest BCUT2D eigenvalue weighted by Crippen LogP contribution is -2.25. The number of aromatic nitrogens is 2. The summed E-state index contributed by atoms with van der Waals surface area (Å²) in [6.45, 7) is 2.63. The molecule has 1 aliphatic rings. The number of aromatic amines is 1. The third-order valence-corrected chi connectivity index (χ3v) is 5.51. The maximum atomic E-state index is 12.4. The molecule has 1 fully saturated rings. The van der Waals surface area contributed by atoms with Crippen molar-refractivity contribution in [1.82, 2.24) is 15.3 Å². The molecule has 3 aromatic rings. The highest BCUT2D eigenvalue weighted by Gasteiger charge is 2.12. The molecule has 3 heterocycles. The highest BCUT2D eigenvalue weighted by atomic mass is 79.9. The van der Waals surface area contributed by atoms with Gasteiger partial charge in [-0.3, -0.25) is 4.79 Å². The van der Waals surface area contributed by atoms with Gasteiger partial charge in [0, 0.05) is 41.2 Å². The van der Waals surface area contributed by atoms with E-state index in [-0.39, 0.29) is 5.91 Å². The number of fused-ring (bicyclic) bond motifs is 1. The van der Waals surface area contributed by atoms with Gasteiger partial charge in [-0.05, 0) is 42.7 Å². The maximum Gasteiger partial charge on any atom is 0.267 e. The van der Waals surface area contributed by atoms with Gasteiger partial charge in [-0.1, -0.05) is 40.9 Å². The van der Waals surface area contributed by atoms with Crippen molar-refractivity contribution in [2.45, 2.75) is 32.2 Å². The molecule has 1 aromatic carbocycles. The van der Waals surface area contributed by atoms with Crippen LogP contribution in [0.3, 0.4) is 0 Å². The van der Waals surface area contributed by atoms with Crippen LogP contribution in [-0.4, -0.2) is 29.0 Å². The van der Waals surface area contributed by atoms with E-state index < -0.39 is 0 Å². The van der Waals surface area contributed by atoms with Crippen LogP contribution in [0.15, 0.2) is 47.1 Å². The molecule has 4 rings (SSSR count). The number of carbonyl (C=O) groups is 1. The highest BCUT2D eigenvalue weighted by Crippen LogP contribution is 2.21. The van der Waals surface area contributed by atoms with Crippen molar-refractivity contribution in [2.24, 2.45) is 0 Å². The first-order valence-corrected chi connectivity index (χ1v) is 10.2.